The minimum atomic E-state index is -1.09. The number of anilines is 1. The van der Waals surface area contributed by atoms with E-state index in [1.165, 1.54) is 11.5 Å². The maximum Gasteiger partial charge on any atom is 0.412 e. The quantitative estimate of drug-likeness (QED) is 0.351. The number of ether oxygens (including phenoxy) is 1. The van der Waals surface area contributed by atoms with E-state index in [1.54, 1.807) is 32.0 Å². The summed E-state index contributed by atoms with van der Waals surface area (Å²) in [6, 6.07) is 7.11. The number of rotatable bonds is 5. The highest BCUT2D eigenvalue weighted by Crippen LogP contribution is 2.48. The molecule has 178 valence electrons. The molecule has 10 nitrogen and oxygen atoms in total. The molecule has 0 spiro atoms. The van der Waals surface area contributed by atoms with Crippen molar-refractivity contribution in [3.05, 3.63) is 57.2 Å². The summed E-state index contributed by atoms with van der Waals surface area (Å²) in [5, 5.41) is 12.6. The maximum atomic E-state index is 12.5. The number of aliphatic carboxylic acids is 1. The van der Waals surface area contributed by atoms with E-state index in [-0.39, 0.29) is 23.2 Å². The monoisotopic (exact) mass is 512 g/mol. The van der Waals surface area contributed by atoms with Crippen LogP contribution in [0.25, 0.3) is 11.4 Å². The predicted molar refractivity (Wildman–Crippen MR) is 125 cm³/mol. The second-order valence-corrected chi connectivity index (χ2v) is 9.33. The van der Waals surface area contributed by atoms with Gasteiger partial charge in [0.15, 0.2) is 5.69 Å². The molecule has 3 aromatic heterocycles. The van der Waals surface area contributed by atoms with Gasteiger partial charge in [-0.15, -0.1) is 0 Å². The predicted octanol–water partition coefficient (Wildman–Crippen LogP) is 5.06. The zero-order chi connectivity index (χ0) is 24.7. The van der Waals surface area contributed by atoms with Crippen LogP contribution >= 0.6 is 23.1 Å². The molecule has 0 aliphatic heterocycles. The maximum absolute atomic E-state index is 12.5. The summed E-state index contributed by atoms with van der Waals surface area (Å²) in [6.45, 7) is 3.51. The van der Waals surface area contributed by atoms with Crippen LogP contribution in [0.1, 0.15) is 53.8 Å². The summed E-state index contributed by atoms with van der Waals surface area (Å²) in [6.07, 6.45) is -0.337. The standard InChI is InChI=1S/C23H17ClN4O6S/c1-11(13-5-3-4-6-14(13)24)32-22(31)26-17-12(2)35-28-15(17)7-8-16-25-18-19(33-16)27-20(34-18)23(9-10-23)21(29)30/h3-6,11H,9-10H2,1-2H3,(H,26,31)(H,29,30). The molecular formula is C23H17ClN4O6S. The summed E-state index contributed by atoms with van der Waals surface area (Å²) < 4.78 is 20.7. The number of amides is 1. The number of carboxylic acids is 1. The van der Waals surface area contributed by atoms with Gasteiger partial charge in [0.05, 0.1) is 5.69 Å². The molecule has 1 aromatic carbocycles. The van der Waals surface area contributed by atoms with Crippen molar-refractivity contribution in [1.82, 2.24) is 14.3 Å². The molecule has 12 heteroatoms. The lowest BCUT2D eigenvalue weighted by Crippen LogP contribution is -2.19. The van der Waals surface area contributed by atoms with E-state index in [2.05, 4.69) is 31.5 Å². The molecule has 2 N–H and O–H groups in total. The van der Waals surface area contributed by atoms with Gasteiger partial charge >= 0.3 is 12.1 Å². The number of halogens is 1. The Hall–Kier alpha value is -3.88. The Labute approximate surface area is 207 Å². The molecule has 0 saturated heterocycles. The first-order valence-corrected chi connectivity index (χ1v) is 11.6. The molecular weight excluding hydrogens is 496 g/mol. The molecule has 4 aromatic rings. The van der Waals surface area contributed by atoms with Gasteiger partial charge in [0.2, 0.25) is 5.89 Å². The fourth-order valence-electron chi connectivity index (χ4n) is 3.42. The van der Waals surface area contributed by atoms with Crippen molar-refractivity contribution in [2.24, 2.45) is 0 Å². The number of hydrogen-bond acceptors (Lipinski definition) is 9. The molecule has 1 unspecified atom stereocenters. The largest absolute Gasteiger partial charge is 0.480 e. The molecule has 1 saturated carbocycles. The van der Waals surface area contributed by atoms with Crippen molar-refractivity contribution in [1.29, 1.82) is 0 Å². The van der Waals surface area contributed by atoms with Crippen molar-refractivity contribution in [2.45, 2.75) is 38.2 Å². The van der Waals surface area contributed by atoms with Crippen molar-refractivity contribution < 1.29 is 28.3 Å². The first-order chi connectivity index (χ1) is 16.8. The van der Waals surface area contributed by atoms with Crippen molar-refractivity contribution in [3.63, 3.8) is 0 Å². The van der Waals surface area contributed by atoms with Crippen LogP contribution in [0.5, 0.6) is 0 Å². The lowest BCUT2D eigenvalue weighted by Gasteiger charge is -2.15. The molecule has 0 bridgehead atoms. The van der Waals surface area contributed by atoms with Crippen LogP contribution in [0.3, 0.4) is 0 Å². The Morgan fingerprint density at radius 3 is 2.66 bits per heavy atom. The molecule has 1 aliphatic carbocycles. The zero-order valence-corrected chi connectivity index (χ0v) is 20.0. The normalized spacial score (nSPS) is 14.7. The van der Waals surface area contributed by atoms with Gasteiger partial charge in [0.1, 0.15) is 11.5 Å². The molecule has 1 amide bonds. The number of fused-ring (bicyclic) bond motifs is 1. The average Bonchev–Trinajstić information content (AvgIpc) is 3.25. The number of benzene rings is 1. The van der Waals surface area contributed by atoms with Gasteiger partial charge in [-0.05, 0) is 50.2 Å². The summed E-state index contributed by atoms with van der Waals surface area (Å²) in [5.74, 6) is 4.65. The minimum Gasteiger partial charge on any atom is -0.480 e. The molecule has 1 atom stereocenters. The Morgan fingerprint density at radius 2 is 1.97 bits per heavy atom. The van der Waals surface area contributed by atoms with E-state index >= 15 is 0 Å². The van der Waals surface area contributed by atoms with E-state index in [0.717, 1.165) is 4.88 Å². The number of carboxylic acid groups (broad SMARTS) is 1. The van der Waals surface area contributed by atoms with E-state index in [0.29, 0.717) is 34.8 Å². The lowest BCUT2D eigenvalue weighted by atomic mass is 10.1. The van der Waals surface area contributed by atoms with Gasteiger partial charge in [-0.2, -0.15) is 14.3 Å². The number of aromatic nitrogens is 3. The SMILES string of the molecule is Cc1snc(C#Cc2nc3oc(C4(C(=O)O)CC4)nc3o2)c1NC(=O)OC(C)c1ccccc1Cl. The fourth-order valence-corrected chi connectivity index (χ4v) is 4.32. The average molecular weight is 513 g/mol. The zero-order valence-electron chi connectivity index (χ0n) is 18.4. The summed E-state index contributed by atoms with van der Waals surface area (Å²) in [4.78, 5) is 32.9. The third-order valence-electron chi connectivity index (χ3n) is 5.55. The van der Waals surface area contributed by atoms with E-state index in [9.17, 15) is 14.7 Å². The Bertz CT molecular complexity index is 1490. The highest BCUT2D eigenvalue weighted by atomic mass is 35.5. The second-order valence-electron chi connectivity index (χ2n) is 7.94. The van der Waals surface area contributed by atoms with Gasteiger partial charge in [-0.1, -0.05) is 29.8 Å². The number of nitrogens with one attached hydrogen (secondary N) is 1. The van der Waals surface area contributed by atoms with Crippen LogP contribution in [0, 0.1) is 18.8 Å². The lowest BCUT2D eigenvalue weighted by molar-refractivity contribution is -0.140. The van der Waals surface area contributed by atoms with E-state index < -0.39 is 23.6 Å². The Morgan fingerprint density at radius 1 is 1.23 bits per heavy atom. The summed E-state index contributed by atoms with van der Waals surface area (Å²) >= 11 is 7.34. The topological polar surface area (TPSA) is 141 Å². The number of aryl methyl sites for hydroxylation is 1. The molecule has 35 heavy (non-hydrogen) atoms. The molecule has 5 rings (SSSR count). The van der Waals surface area contributed by atoms with Crippen LogP contribution in [-0.2, 0) is 14.9 Å². The second kappa shape index (κ2) is 8.72. The Balaban J connectivity index is 1.30. The fraction of sp³-hybridized carbons (Fsp3) is 0.261. The van der Waals surface area contributed by atoms with Gasteiger partial charge in [-0.3, -0.25) is 10.1 Å². The van der Waals surface area contributed by atoms with E-state index in [1.807, 2.05) is 6.07 Å². The number of hydrogen-bond donors (Lipinski definition) is 2. The van der Waals surface area contributed by atoms with E-state index in [4.69, 9.17) is 25.2 Å². The smallest absolute Gasteiger partial charge is 0.412 e. The number of carbonyl (C=O) groups excluding carboxylic acids is 1. The first-order valence-electron chi connectivity index (χ1n) is 10.5. The molecule has 1 fully saturated rings. The van der Waals surface area contributed by atoms with Gasteiger partial charge < -0.3 is 18.7 Å². The summed E-state index contributed by atoms with van der Waals surface area (Å²) in [7, 11) is 0. The number of oxazole rings is 2. The third kappa shape index (κ3) is 4.34. The van der Waals surface area contributed by atoms with Crippen LogP contribution in [0.2, 0.25) is 5.02 Å². The first kappa shape index (κ1) is 22.9. The van der Waals surface area contributed by atoms with Crippen LogP contribution < -0.4 is 5.32 Å². The summed E-state index contributed by atoms with van der Waals surface area (Å²) in [5.41, 5.74) is 0.452. The van der Waals surface area contributed by atoms with Gasteiger partial charge in [0, 0.05) is 21.4 Å². The van der Waals surface area contributed by atoms with Crippen LogP contribution in [0.15, 0.2) is 33.1 Å². The van der Waals surface area contributed by atoms with Gasteiger partial charge in [0.25, 0.3) is 17.3 Å². The Kier molecular flexibility index (Phi) is 5.70. The van der Waals surface area contributed by atoms with Crippen molar-refractivity contribution >= 4 is 52.3 Å². The number of carbonyl (C=O) groups is 2. The molecule has 3 heterocycles. The third-order valence-corrected chi connectivity index (χ3v) is 6.65. The molecule has 1 aliphatic rings. The molecule has 0 radical (unpaired) electrons. The van der Waals surface area contributed by atoms with Gasteiger partial charge in [-0.25, -0.2) is 4.79 Å². The van der Waals surface area contributed by atoms with Crippen molar-refractivity contribution in [2.75, 3.05) is 5.32 Å². The van der Waals surface area contributed by atoms with Crippen molar-refractivity contribution in [3.8, 4) is 11.8 Å². The minimum absolute atomic E-state index is 0.0180. The highest BCUT2D eigenvalue weighted by Gasteiger charge is 2.56. The highest BCUT2D eigenvalue weighted by molar-refractivity contribution is 7.06. The number of nitrogens with zero attached hydrogens (tertiary/aromatic N) is 3. The van der Waals surface area contributed by atoms with Crippen LogP contribution in [-0.4, -0.2) is 31.5 Å². The van der Waals surface area contributed by atoms with Crippen LogP contribution in [0.4, 0.5) is 10.5 Å².